The standard InChI is InChI=1S/C42H86S7/c1-2-3-4-15-27-40(29-26-39-48,28-20-25-38-47)41(31-17-14-24-37-46,30-16-10-13-23-36-45)42(49,33-19-9-7-12-22-35-44)32-18-8-5-6-11-21-34-43/h43-49H,2-39H2,1H3. The third-order valence-corrected chi connectivity index (χ3v) is 14.6. The lowest BCUT2D eigenvalue weighted by molar-refractivity contribution is -0.0582. The van der Waals surface area contributed by atoms with Crippen LogP contribution >= 0.6 is 88.4 Å². The van der Waals surface area contributed by atoms with Gasteiger partial charge in [-0.2, -0.15) is 88.4 Å². The lowest BCUT2D eigenvalue weighted by atomic mass is 9.47. The highest BCUT2D eigenvalue weighted by molar-refractivity contribution is 7.82. The van der Waals surface area contributed by atoms with E-state index in [0.717, 1.165) is 34.5 Å². The molecule has 0 N–H and O–H groups in total. The number of unbranched alkanes of at least 4 members (excludes halogenated alkanes) is 18. The average molecular weight is 816 g/mol. The largest absolute Gasteiger partial charge is 0.179 e. The van der Waals surface area contributed by atoms with Crippen molar-refractivity contribution in [2.75, 3.05) is 34.5 Å². The van der Waals surface area contributed by atoms with Crippen LogP contribution in [-0.2, 0) is 0 Å². The van der Waals surface area contributed by atoms with Crippen molar-refractivity contribution in [1.82, 2.24) is 0 Å². The van der Waals surface area contributed by atoms with Gasteiger partial charge in [-0.05, 0) is 129 Å². The van der Waals surface area contributed by atoms with Gasteiger partial charge in [0.25, 0.3) is 0 Å². The SMILES string of the molecule is CCCCCCC(CCCS)(CCCCS)C(CCCCCS)(CCCCCCS)C(S)(CCCCCCCS)CCCCCCCCS. The van der Waals surface area contributed by atoms with E-state index in [1.165, 1.54) is 205 Å². The van der Waals surface area contributed by atoms with E-state index in [1.807, 2.05) is 0 Å². The molecule has 0 aliphatic heterocycles. The maximum atomic E-state index is 6.21. The quantitative estimate of drug-likeness (QED) is 0.0233. The number of rotatable bonds is 40. The lowest BCUT2D eigenvalue weighted by Crippen LogP contribution is -2.56. The van der Waals surface area contributed by atoms with Crippen LogP contribution in [0.25, 0.3) is 0 Å². The van der Waals surface area contributed by atoms with Crippen LogP contribution < -0.4 is 0 Å². The molecule has 296 valence electrons. The molecule has 0 bridgehead atoms. The minimum atomic E-state index is 0.0640. The Morgan fingerprint density at radius 2 is 0.551 bits per heavy atom. The van der Waals surface area contributed by atoms with Crippen LogP contribution in [-0.4, -0.2) is 39.3 Å². The highest BCUT2D eigenvalue weighted by Gasteiger charge is 2.58. The second-order valence-electron chi connectivity index (χ2n) is 15.5. The van der Waals surface area contributed by atoms with E-state index in [9.17, 15) is 0 Å². The second kappa shape index (κ2) is 36.1. The number of hydrogen-bond donors (Lipinski definition) is 7. The molecule has 49 heavy (non-hydrogen) atoms. The predicted molar refractivity (Wildman–Crippen MR) is 253 cm³/mol. The van der Waals surface area contributed by atoms with Crippen molar-refractivity contribution in [3.05, 3.63) is 0 Å². The molecule has 0 nitrogen and oxygen atoms in total. The first kappa shape index (κ1) is 51.5. The molecular formula is C42H86S7. The molecule has 0 aromatic heterocycles. The molecule has 0 aliphatic rings. The van der Waals surface area contributed by atoms with Crippen molar-refractivity contribution in [2.45, 2.75) is 217 Å². The van der Waals surface area contributed by atoms with Gasteiger partial charge < -0.3 is 0 Å². The van der Waals surface area contributed by atoms with Crippen LogP contribution in [0.15, 0.2) is 0 Å². The number of thiol groups is 7. The van der Waals surface area contributed by atoms with Crippen molar-refractivity contribution in [3.63, 3.8) is 0 Å². The van der Waals surface area contributed by atoms with E-state index >= 15 is 0 Å². The molecule has 0 saturated heterocycles. The molecule has 0 radical (unpaired) electrons. The molecule has 0 heterocycles. The van der Waals surface area contributed by atoms with Crippen LogP contribution in [0.3, 0.4) is 0 Å². The fourth-order valence-electron chi connectivity index (χ4n) is 9.10. The van der Waals surface area contributed by atoms with Gasteiger partial charge in [0.1, 0.15) is 0 Å². The van der Waals surface area contributed by atoms with Crippen LogP contribution in [0.5, 0.6) is 0 Å². The van der Waals surface area contributed by atoms with Crippen LogP contribution in [0.2, 0.25) is 0 Å². The van der Waals surface area contributed by atoms with Gasteiger partial charge in [0.05, 0.1) is 0 Å². The summed E-state index contributed by atoms with van der Waals surface area (Å²) in [6.45, 7) is 2.37. The van der Waals surface area contributed by atoms with Crippen LogP contribution in [0, 0.1) is 10.8 Å². The maximum absolute atomic E-state index is 6.21. The Labute approximate surface area is 348 Å². The van der Waals surface area contributed by atoms with E-state index in [-0.39, 0.29) is 10.2 Å². The maximum Gasteiger partial charge on any atom is 0.0191 e. The summed E-state index contributed by atoms with van der Waals surface area (Å²) >= 11 is 34.0. The third kappa shape index (κ3) is 22.6. The summed E-state index contributed by atoms with van der Waals surface area (Å²) < 4.78 is 0.0640. The number of hydrogen-bond acceptors (Lipinski definition) is 7. The van der Waals surface area contributed by atoms with Crippen LogP contribution in [0.4, 0.5) is 0 Å². The van der Waals surface area contributed by atoms with E-state index in [0.29, 0.717) is 5.41 Å². The Bertz CT molecular complexity index is 679. The van der Waals surface area contributed by atoms with Gasteiger partial charge in [-0.25, -0.2) is 0 Å². The molecule has 0 spiro atoms. The summed E-state index contributed by atoms with van der Waals surface area (Å²) in [7, 11) is 0. The van der Waals surface area contributed by atoms with Gasteiger partial charge in [-0.3, -0.25) is 0 Å². The Hall–Kier alpha value is 2.45. The first-order chi connectivity index (χ1) is 23.9. The van der Waals surface area contributed by atoms with Gasteiger partial charge in [0, 0.05) is 4.75 Å². The summed E-state index contributed by atoms with van der Waals surface area (Å²) in [5, 5.41) is 0. The Balaban J connectivity index is 7.12. The third-order valence-electron chi connectivity index (χ3n) is 11.8. The Morgan fingerprint density at radius 3 is 0.959 bits per heavy atom. The minimum Gasteiger partial charge on any atom is -0.179 e. The molecule has 3 unspecified atom stereocenters. The summed E-state index contributed by atoms with van der Waals surface area (Å²) in [5.41, 5.74) is 0.556. The second-order valence-corrected chi connectivity index (χ2v) is 19.0. The zero-order valence-corrected chi connectivity index (χ0v) is 38.8. The lowest BCUT2D eigenvalue weighted by Gasteiger charge is -2.61. The van der Waals surface area contributed by atoms with Crippen molar-refractivity contribution < 1.29 is 0 Å². The highest BCUT2D eigenvalue weighted by Crippen LogP contribution is 2.65. The normalized spacial score (nSPS) is 15.7. The molecule has 0 aromatic carbocycles. The Morgan fingerprint density at radius 1 is 0.286 bits per heavy atom. The van der Waals surface area contributed by atoms with Crippen molar-refractivity contribution in [1.29, 1.82) is 0 Å². The summed E-state index contributed by atoms with van der Waals surface area (Å²) in [6.07, 6.45) is 42.2. The molecule has 7 heteroatoms. The van der Waals surface area contributed by atoms with Gasteiger partial charge in [-0.15, -0.1) is 0 Å². The van der Waals surface area contributed by atoms with Gasteiger partial charge >= 0.3 is 0 Å². The molecular weight excluding hydrogens is 729 g/mol. The first-order valence-corrected chi connectivity index (χ1v) is 25.5. The summed E-state index contributed by atoms with van der Waals surface area (Å²) in [5.74, 6) is 6.06. The average Bonchev–Trinajstić information content (AvgIpc) is 3.10. The van der Waals surface area contributed by atoms with Crippen molar-refractivity contribution in [3.8, 4) is 0 Å². The molecule has 3 atom stereocenters. The van der Waals surface area contributed by atoms with E-state index in [4.69, 9.17) is 37.9 Å². The van der Waals surface area contributed by atoms with Gasteiger partial charge in [0.15, 0.2) is 0 Å². The molecule has 0 amide bonds. The van der Waals surface area contributed by atoms with Crippen LogP contribution in [0.1, 0.15) is 212 Å². The molecule has 0 saturated carbocycles. The molecule has 0 aliphatic carbocycles. The minimum absolute atomic E-state index is 0.0640. The topological polar surface area (TPSA) is 0 Å². The zero-order chi connectivity index (χ0) is 36.4. The highest BCUT2D eigenvalue weighted by atomic mass is 32.1. The smallest absolute Gasteiger partial charge is 0.0191 e. The first-order valence-electron chi connectivity index (χ1n) is 21.3. The zero-order valence-electron chi connectivity index (χ0n) is 32.5. The van der Waals surface area contributed by atoms with E-state index < -0.39 is 0 Å². The van der Waals surface area contributed by atoms with E-state index in [2.05, 4.69) is 57.4 Å². The summed E-state index contributed by atoms with van der Waals surface area (Å²) in [6, 6.07) is 0. The predicted octanol–water partition coefficient (Wildman–Crippen LogP) is 15.7. The summed E-state index contributed by atoms with van der Waals surface area (Å²) in [4.78, 5) is 0. The monoisotopic (exact) mass is 814 g/mol. The fraction of sp³-hybridized carbons (Fsp3) is 1.00. The van der Waals surface area contributed by atoms with Gasteiger partial charge in [0.2, 0.25) is 0 Å². The molecule has 0 aromatic rings. The fourth-order valence-corrected chi connectivity index (χ4v) is 11.2. The molecule has 0 rings (SSSR count). The van der Waals surface area contributed by atoms with E-state index in [1.54, 1.807) is 0 Å². The van der Waals surface area contributed by atoms with Crippen molar-refractivity contribution >= 4 is 88.4 Å². The molecule has 0 fully saturated rings. The van der Waals surface area contributed by atoms with Crippen molar-refractivity contribution in [2.24, 2.45) is 10.8 Å². The van der Waals surface area contributed by atoms with Gasteiger partial charge in [-0.1, -0.05) is 129 Å². The Kier molecular flexibility index (Phi) is 37.9.